The van der Waals surface area contributed by atoms with E-state index in [1.807, 2.05) is 27.7 Å². The minimum absolute atomic E-state index is 0.156. The first-order valence-electron chi connectivity index (χ1n) is 17.4. The third-order valence-electron chi connectivity index (χ3n) is 9.06. The number of hydrogen-bond donors (Lipinski definition) is 4. The van der Waals surface area contributed by atoms with Crippen LogP contribution in [0.5, 0.6) is 23.0 Å². The highest BCUT2D eigenvalue weighted by Gasteiger charge is 2.36. The summed E-state index contributed by atoms with van der Waals surface area (Å²) in [4.78, 5) is 0. The molecule has 8 heteroatoms. The van der Waals surface area contributed by atoms with Crippen molar-refractivity contribution in [3.63, 3.8) is 0 Å². The van der Waals surface area contributed by atoms with Crippen LogP contribution >= 0.6 is 50.5 Å². The molecule has 0 fully saturated rings. The van der Waals surface area contributed by atoms with E-state index in [-0.39, 0.29) is 31.8 Å². The summed E-state index contributed by atoms with van der Waals surface area (Å²) < 4.78 is 23.9. The van der Waals surface area contributed by atoms with Crippen LogP contribution in [-0.4, -0.2) is 47.4 Å². The van der Waals surface area contributed by atoms with Crippen LogP contribution in [0.2, 0.25) is 0 Å². The molecular weight excluding hydrogens is 697 g/mol. The van der Waals surface area contributed by atoms with Crippen LogP contribution in [0.15, 0.2) is 97.1 Å². The van der Waals surface area contributed by atoms with Gasteiger partial charge in [0.2, 0.25) is 0 Å². The van der Waals surface area contributed by atoms with Crippen molar-refractivity contribution >= 4 is 50.5 Å². The number of benzene rings is 4. The summed E-state index contributed by atoms with van der Waals surface area (Å²) in [7, 11) is 0. The minimum atomic E-state index is -0.316. The van der Waals surface area contributed by atoms with E-state index in [0.717, 1.165) is 35.8 Å². The molecule has 0 N–H and O–H groups in total. The Bertz CT molecular complexity index is 1340. The second-order valence-electron chi connectivity index (χ2n) is 13.9. The van der Waals surface area contributed by atoms with E-state index >= 15 is 0 Å². The van der Waals surface area contributed by atoms with Gasteiger partial charge in [-0.25, -0.2) is 0 Å². The van der Waals surface area contributed by atoms with Crippen molar-refractivity contribution < 1.29 is 18.9 Å². The number of thiol groups is 4. The van der Waals surface area contributed by atoms with Gasteiger partial charge in [0.1, 0.15) is 23.0 Å². The minimum Gasteiger partial charge on any atom is -0.492 e. The molecule has 4 aromatic carbocycles. The third kappa shape index (κ3) is 11.5. The van der Waals surface area contributed by atoms with Gasteiger partial charge >= 0.3 is 0 Å². The first-order chi connectivity index (χ1) is 23.8. The Morgan fingerprint density at radius 1 is 0.380 bits per heavy atom. The molecular formula is C42H54O4S4. The van der Waals surface area contributed by atoms with E-state index in [4.69, 9.17) is 18.9 Å². The van der Waals surface area contributed by atoms with Gasteiger partial charge < -0.3 is 18.9 Å². The largest absolute Gasteiger partial charge is 0.492 e. The molecule has 270 valence electrons. The Morgan fingerprint density at radius 2 is 0.560 bits per heavy atom. The van der Waals surface area contributed by atoms with Crippen molar-refractivity contribution in [1.29, 1.82) is 0 Å². The van der Waals surface area contributed by atoms with Crippen molar-refractivity contribution in [2.24, 2.45) is 0 Å². The molecule has 0 aliphatic carbocycles. The molecule has 0 aromatic heterocycles. The molecule has 0 heterocycles. The van der Waals surface area contributed by atoms with Crippen LogP contribution in [-0.2, 0) is 10.8 Å². The van der Waals surface area contributed by atoms with Gasteiger partial charge in [-0.05, 0) is 83.6 Å². The zero-order chi connectivity index (χ0) is 36.3. The predicted molar refractivity (Wildman–Crippen MR) is 224 cm³/mol. The van der Waals surface area contributed by atoms with Crippen LogP contribution in [0.25, 0.3) is 0 Å². The highest BCUT2D eigenvalue weighted by Crippen LogP contribution is 2.45. The fourth-order valence-electron chi connectivity index (χ4n) is 5.95. The van der Waals surface area contributed by atoms with Gasteiger partial charge in [0.15, 0.2) is 0 Å². The lowest BCUT2D eigenvalue weighted by Crippen LogP contribution is -2.30. The summed E-state index contributed by atoms with van der Waals surface area (Å²) in [5.41, 5.74) is 4.25. The standard InChI is InChI=1S/C42H54O4S4/c1-29(47)25-43-37-15-7-33(8-16-37)41(5,34-9-17-38(18-10-34)44-26-30(2)48)23-24-42(6,35-11-19-39(20-12-35)45-27-31(3)49)36-13-21-40(22-14-36)46-28-32(4)50/h7-22,29-32,47-50H,23-28H2,1-6H3. The second kappa shape index (κ2) is 18.8. The Morgan fingerprint density at radius 3 is 0.720 bits per heavy atom. The van der Waals surface area contributed by atoms with E-state index in [0.29, 0.717) is 26.4 Å². The molecule has 0 bridgehead atoms. The van der Waals surface area contributed by atoms with Crippen LogP contribution in [0.3, 0.4) is 0 Å². The van der Waals surface area contributed by atoms with Gasteiger partial charge in [0.25, 0.3) is 0 Å². The molecule has 0 saturated heterocycles. The SMILES string of the molecule is CC(S)COc1ccc(C(C)(CCC(C)(c2ccc(OCC(C)S)cc2)c2ccc(OCC(C)S)cc2)c2ccc(OCC(C)S)cc2)cc1. The monoisotopic (exact) mass is 750 g/mol. The molecule has 4 atom stereocenters. The van der Waals surface area contributed by atoms with Crippen molar-refractivity contribution in [2.45, 2.75) is 86.2 Å². The summed E-state index contributed by atoms with van der Waals surface area (Å²) in [5.74, 6) is 3.37. The van der Waals surface area contributed by atoms with Crippen LogP contribution in [0.1, 0.15) is 76.6 Å². The molecule has 4 nitrogen and oxygen atoms in total. The van der Waals surface area contributed by atoms with E-state index < -0.39 is 0 Å². The van der Waals surface area contributed by atoms with E-state index in [1.54, 1.807) is 0 Å². The Balaban J connectivity index is 1.72. The molecule has 0 spiro atoms. The maximum absolute atomic E-state index is 5.98. The first kappa shape index (κ1) is 40.3. The lowest BCUT2D eigenvalue weighted by Gasteiger charge is -2.38. The van der Waals surface area contributed by atoms with Crippen molar-refractivity contribution in [2.75, 3.05) is 26.4 Å². The number of ether oxygens (including phenoxy) is 4. The Hall–Kier alpha value is -2.52. The summed E-state index contributed by atoms with van der Waals surface area (Å²) >= 11 is 17.9. The maximum Gasteiger partial charge on any atom is 0.119 e. The quantitative estimate of drug-likeness (QED) is 0.0720. The number of hydrogen-bond acceptors (Lipinski definition) is 8. The highest BCUT2D eigenvalue weighted by atomic mass is 32.1. The van der Waals surface area contributed by atoms with Gasteiger partial charge in [-0.15, -0.1) is 0 Å². The molecule has 50 heavy (non-hydrogen) atoms. The molecule has 4 unspecified atom stereocenters. The summed E-state index contributed by atoms with van der Waals surface area (Å²) in [6.07, 6.45) is 1.74. The lowest BCUT2D eigenvalue weighted by atomic mass is 9.66. The molecule has 4 aromatic rings. The zero-order valence-corrected chi connectivity index (χ0v) is 33.8. The molecule has 0 saturated carbocycles. The van der Waals surface area contributed by atoms with E-state index in [2.05, 4.69) is 161 Å². The predicted octanol–water partition coefficient (Wildman–Crippen LogP) is 10.6. The average Bonchev–Trinajstić information content (AvgIpc) is 3.11. The van der Waals surface area contributed by atoms with Crippen molar-refractivity contribution in [1.82, 2.24) is 0 Å². The topological polar surface area (TPSA) is 36.9 Å². The first-order valence-corrected chi connectivity index (χ1v) is 19.5. The molecule has 0 amide bonds. The fourth-order valence-corrected chi connectivity index (χ4v) is 6.25. The summed E-state index contributed by atoms with van der Waals surface area (Å²) in [5, 5.41) is 0.623. The normalized spacial score (nSPS) is 16.3. The van der Waals surface area contributed by atoms with Gasteiger partial charge in [-0.3, -0.25) is 0 Å². The summed E-state index contributed by atoms with van der Waals surface area (Å²) in [6, 6.07) is 34.2. The third-order valence-corrected chi connectivity index (χ3v) is 9.65. The molecule has 0 aliphatic rings. The molecule has 4 rings (SSSR count). The second-order valence-corrected chi connectivity index (χ2v) is 17.4. The van der Waals surface area contributed by atoms with E-state index in [9.17, 15) is 0 Å². The molecule has 0 radical (unpaired) electrons. The highest BCUT2D eigenvalue weighted by molar-refractivity contribution is 7.81. The van der Waals surface area contributed by atoms with Crippen molar-refractivity contribution in [3.8, 4) is 23.0 Å². The smallest absolute Gasteiger partial charge is 0.119 e. The van der Waals surface area contributed by atoms with Gasteiger partial charge in [0.05, 0.1) is 26.4 Å². The number of rotatable bonds is 19. The fraction of sp³-hybridized carbons (Fsp3) is 0.429. The maximum atomic E-state index is 5.98. The van der Waals surface area contributed by atoms with Crippen LogP contribution in [0, 0.1) is 0 Å². The Kier molecular flexibility index (Phi) is 15.1. The Labute approximate surface area is 322 Å². The van der Waals surface area contributed by atoms with Crippen LogP contribution < -0.4 is 18.9 Å². The van der Waals surface area contributed by atoms with Crippen molar-refractivity contribution in [3.05, 3.63) is 119 Å². The van der Waals surface area contributed by atoms with Gasteiger partial charge in [0, 0.05) is 31.8 Å². The zero-order valence-electron chi connectivity index (χ0n) is 30.2. The summed E-state index contributed by atoms with van der Waals surface area (Å²) in [6.45, 7) is 15.0. The average molecular weight is 751 g/mol. The lowest BCUT2D eigenvalue weighted by molar-refractivity contribution is 0.321. The molecule has 0 aliphatic heterocycles. The van der Waals surface area contributed by atoms with Crippen LogP contribution in [0.4, 0.5) is 0 Å². The van der Waals surface area contributed by atoms with Gasteiger partial charge in [-0.1, -0.05) is 90.1 Å². The van der Waals surface area contributed by atoms with E-state index in [1.165, 1.54) is 22.3 Å². The van der Waals surface area contributed by atoms with Gasteiger partial charge in [-0.2, -0.15) is 50.5 Å².